The fourth-order valence-corrected chi connectivity index (χ4v) is 6.40. The van der Waals surface area contributed by atoms with E-state index in [1.54, 1.807) is 17.5 Å². The predicted octanol–water partition coefficient (Wildman–Crippen LogP) is 7.87. The summed E-state index contributed by atoms with van der Waals surface area (Å²) < 4.78 is 13.2. The first kappa shape index (κ1) is 26.9. The number of rotatable bonds is 8. The SMILES string of the molecule is CNC1CCN(Cc2ccc(-c3cc4nccc(Oc5ccc6oc(Nc7ccc(Cl)cc7)nc6c5)c4s3)nc2)CC1. The van der Waals surface area contributed by atoms with Crippen LogP contribution in [0.5, 0.6) is 11.5 Å². The minimum absolute atomic E-state index is 0.399. The minimum Gasteiger partial charge on any atom is -0.456 e. The fraction of sp³-hybridized carbons (Fsp3) is 0.219. The van der Waals surface area contributed by atoms with E-state index in [1.807, 2.05) is 54.7 Å². The van der Waals surface area contributed by atoms with Gasteiger partial charge in [-0.1, -0.05) is 17.7 Å². The normalized spacial score (nSPS) is 14.5. The maximum absolute atomic E-state index is 6.33. The number of benzene rings is 2. The van der Waals surface area contributed by atoms with E-state index in [2.05, 4.69) is 50.7 Å². The maximum Gasteiger partial charge on any atom is 0.300 e. The van der Waals surface area contributed by atoms with Gasteiger partial charge in [-0.3, -0.25) is 14.9 Å². The molecule has 2 aromatic carbocycles. The number of hydrogen-bond acceptors (Lipinski definition) is 9. The molecule has 0 aliphatic carbocycles. The smallest absolute Gasteiger partial charge is 0.300 e. The average molecular weight is 597 g/mol. The molecule has 4 aromatic heterocycles. The summed E-state index contributed by atoms with van der Waals surface area (Å²) in [5.41, 5.74) is 5.24. The molecule has 42 heavy (non-hydrogen) atoms. The van der Waals surface area contributed by atoms with Crippen molar-refractivity contribution < 1.29 is 9.15 Å². The van der Waals surface area contributed by atoms with Crippen LogP contribution in [0.3, 0.4) is 0 Å². The number of piperidine rings is 1. The molecule has 0 radical (unpaired) electrons. The molecule has 0 atom stereocenters. The highest BCUT2D eigenvalue weighted by atomic mass is 35.5. The summed E-state index contributed by atoms with van der Waals surface area (Å²) in [5.74, 6) is 1.40. The van der Waals surface area contributed by atoms with E-state index >= 15 is 0 Å². The second kappa shape index (κ2) is 11.7. The molecule has 10 heteroatoms. The highest BCUT2D eigenvalue weighted by Gasteiger charge is 2.18. The first-order chi connectivity index (χ1) is 20.6. The van der Waals surface area contributed by atoms with Crippen LogP contribution in [0.15, 0.2) is 83.5 Å². The van der Waals surface area contributed by atoms with Crippen molar-refractivity contribution in [2.45, 2.75) is 25.4 Å². The van der Waals surface area contributed by atoms with Gasteiger partial charge in [-0.05, 0) is 87.1 Å². The average Bonchev–Trinajstić information content (AvgIpc) is 3.63. The lowest BCUT2D eigenvalue weighted by Gasteiger charge is -2.31. The summed E-state index contributed by atoms with van der Waals surface area (Å²) in [7, 11) is 2.05. The second-order valence-corrected chi connectivity index (χ2v) is 11.9. The van der Waals surface area contributed by atoms with Gasteiger partial charge >= 0.3 is 0 Å². The standard InChI is InChI=1S/C32H29ClN6O2S/c1-34-22-11-14-39(15-12-22)19-20-2-8-25(36-18-20)30-17-27-31(42-30)29(10-13-35-27)40-24-7-9-28-26(16-24)38-32(41-28)37-23-5-3-21(33)4-6-23/h2-10,13,16-18,22,34H,11-12,14-15,19H2,1H3,(H,37,38). The third-order valence-corrected chi connectivity index (χ3v) is 8.95. The first-order valence-electron chi connectivity index (χ1n) is 13.9. The number of ether oxygens (including phenoxy) is 1. The molecule has 1 aliphatic rings. The molecule has 5 heterocycles. The molecule has 0 amide bonds. The van der Waals surface area contributed by atoms with Crippen molar-refractivity contribution in [3.8, 4) is 22.1 Å². The van der Waals surface area contributed by atoms with Gasteiger partial charge in [0.05, 0.1) is 20.8 Å². The molecule has 212 valence electrons. The van der Waals surface area contributed by atoms with Gasteiger partial charge in [0.25, 0.3) is 6.01 Å². The van der Waals surface area contributed by atoms with Crippen molar-refractivity contribution in [2.24, 2.45) is 0 Å². The molecule has 0 spiro atoms. The number of nitrogens with zero attached hydrogens (tertiary/aromatic N) is 4. The highest BCUT2D eigenvalue weighted by molar-refractivity contribution is 7.22. The van der Waals surface area contributed by atoms with Crippen molar-refractivity contribution in [3.05, 3.63) is 89.7 Å². The summed E-state index contributed by atoms with van der Waals surface area (Å²) in [6.07, 6.45) is 6.15. The van der Waals surface area contributed by atoms with Gasteiger partial charge < -0.3 is 19.8 Å². The summed E-state index contributed by atoms with van der Waals surface area (Å²) in [6.45, 7) is 3.16. The number of halogens is 1. The Morgan fingerprint density at radius 3 is 2.64 bits per heavy atom. The van der Waals surface area contributed by atoms with Crippen LogP contribution in [0.2, 0.25) is 5.02 Å². The van der Waals surface area contributed by atoms with Crippen LogP contribution in [0.1, 0.15) is 18.4 Å². The molecule has 1 saturated heterocycles. The molecule has 0 unspecified atom stereocenters. The van der Waals surface area contributed by atoms with E-state index in [0.717, 1.165) is 51.9 Å². The molecule has 2 N–H and O–H groups in total. The number of hydrogen-bond donors (Lipinski definition) is 2. The minimum atomic E-state index is 0.399. The third kappa shape index (κ3) is 5.82. The summed E-state index contributed by atoms with van der Waals surface area (Å²) in [6, 6.07) is 22.3. The van der Waals surface area contributed by atoms with E-state index < -0.39 is 0 Å². The van der Waals surface area contributed by atoms with Crippen LogP contribution in [-0.4, -0.2) is 46.0 Å². The summed E-state index contributed by atoms with van der Waals surface area (Å²) in [5, 5.41) is 7.23. The van der Waals surface area contributed by atoms with E-state index in [-0.39, 0.29) is 0 Å². The van der Waals surface area contributed by atoms with Crippen LogP contribution in [0.4, 0.5) is 11.7 Å². The second-order valence-electron chi connectivity index (χ2n) is 10.4. The largest absolute Gasteiger partial charge is 0.456 e. The summed E-state index contributed by atoms with van der Waals surface area (Å²) >= 11 is 7.61. The topological polar surface area (TPSA) is 88.3 Å². The Bertz CT molecular complexity index is 1830. The number of oxazole rings is 1. The Morgan fingerprint density at radius 1 is 1.00 bits per heavy atom. The van der Waals surface area contributed by atoms with E-state index in [1.165, 1.54) is 18.4 Å². The van der Waals surface area contributed by atoms with Gasteiger partial charge in [0, 0.05) is 47.8 Å². The van der Waals surface area contributed by atoms with Crippen molar-refractivity contribution >= 4 is 56.0 Å². The molecule has 0 bridgehead atoms. The highest BCUT2D eigenvalue weighted by Crippen LogP contribution is 2.39. The molecule has 7 rings (SSSR count). The zero-order valence-corrected chi connectivity index (χ0v) is 24.6. The lowest BCUT2D eigenvalue weighted by molar-refractivity contribution is 0.194. The monoisotopic (exact) mass is 596 g/mol. The lowest BCUT2D eigenvalue weighted by atomic mass is 10.0. The number of pyridine rings is 2. The van der Waals surface area contributed by atoms with Crippen molar-refractivity contribution in [2.75, 3.05) is 25.5 Å². The Kier molecular flexibility index (Phi) is 7.48. The molecule has 8 nitrogen and oxygen atoms in total. The Morgan fingerprint density at radius 2 is 1.86 bits per heavy atom. The van der Waals surface area contributed by atoms with Gasteiger partial charge in [-0.25, -0.2) is 0 Å². The predicted molar refractivity (Wildman–Crippen MR) is 169 cm³/mol. The Hall–Kier alpha value is -4.02. The van der Waals surface area contributed by atoms with Crippen molar-refractivity contribution in [1.29, 1.82) is 0 Å². The zero-order valence-electron chi connectivity index (χ0n) is 23.0. The zero-order chi connectivity index (χ0) is 28.5. The van der Waals surface area contributed by atoms with Crippen LogP contribution in [0.25, 0.3) is 31.9 Å². The van der Waals surface area contributed by atoms with Crippen LogP contribution < -0.4 is 15.4 Å². The number of nitrogens with one attached hydrogen (secondary N) is 2. The van der Waals surface area contributed by atoms with Gasteiger partial charge in [-0.2, -0.15) is 4.98 Å². The number of thiophene rings is 1. The fourth-order valence-electron chi connectivity index (χ4n) is 5.23. The van der Waals surface area contributed by atoms with Gasteiger partial charge in [-0.15, -0.1) is 11.3 Å². The quantitative estimate of drug-likeness (QED) is 0.183. The van der Waals surface area contributed by atoms with Crippen molar-refractivity contribution in [1.82, 2.24) is 25.2 Å². The van der Waals surface area contributed by atoms with Crippen LogP contribution >= 0.6 is 22.9 Å². The number of fused-ring (bicyclic) bond motifs is 2. The molecule has 1 aliphatic heterocycles. The molecule has 1 fully saturated rings. The third-order valence-electron chi connectivity index (χ3n) is 7.54. The Balaban J connectivity index is 1.06. The molecular weight excluding hydrogens is 568 g/mol. The van der Waals surface area contributed by atoms with Gasteiger partial charge in [0.15, 0.2) is 5.58 Å². The van der Waals surface area contributed by atoms with Crippen LogP contribution in [-0.2, 0) is 6.54 Å². The number of aromatic nitrogens is 3. The lowest BCUT2D eigenvalue weighted by Crippen LogP contribution is -2.40. The Labute approximate surface area is 252 Å². The molecule has 0 saturated carbocycles. The first-order valence-corrected chi connectivity index (χ1v) is 15.1. The molecular formula is C32H29ClN6O2S. The van der Waals surface area contributed by atoms with E-state index in [0.29, 0.717) is 33.9 Å². The van der Waals surface area contributed by atoms with Crippen LogP contribution in [0, 0.1) is 0 Å². The maximum atomic E-state index is 6.33. The van der Waals surface area contributed by atoms with E-state index in [9.17, 15) is 0 Å². The number of likely N-dealkylation sites (tertiary alicyclic amines) is 1. The molecule has 6 aromatic rings. The summed E-state index contributed by atoms with van der Waals surface area (Å²) in [4.78, 5) is 17.5. The van der Waals surface area contributed by atoms with Gasteiger partial charge in [0.1, 0.15) is 17.0 Å². The van der Waals surface area contributed by atoms with E-state index in [4.69, 9.17) is 25.7 Å². The van der Waals surface area contributed by atoms with Crippen molar-refractivity contribution in [3.63, 3.8) is 0 Å². The van der Waals surface area contributed by atoms with Gasteiger partial charge in [0.2, 0.25) is 0 Å². The number of anilines is 2.